The molecule has 0 spiro atoms. The van der Waals surface area contributed by atoms with Gasteiger partial charge in [-0.3, -0.25) is 4.90 Å². The summed E-state index contributed by atoms with van der Waals surface area (Å²) in [6.45, 7) is 7.04. The van der Waals surface area contributed by atoms with Crippen molar-refractivity contribution in [1.29, 1.82) is 0 Å². The molecule has 1 N–H and O–H groups in total. The number of fused-ring (bicyclic) bond motifs is 1. The lowest BCUT2D eigenvalue weighted by Gasteiger charge is -2.35. The lowest BCUT2D eigenvalue weighted by Crippen LogP contribution is -2.53. The molecule has 3 heterocycles. The van der Waals surface area contributed by atoms with Crippen LogP contribution in [0.15, 0.2) is 41.0 Å². The Hall–Kier alpha value is -2.47. The molecular weight excluding hydrogens is 342 g/mol. The zero-order chi connectivity index (χ0) is 18.6. The van der Waals surface area contributed by atoms with Gasteiger partial charge in [-0.05, 0) is 36.2 Å². The topological polar surface area (TPSA) is 58.0 Å². The largest absolute Gasteiger partial charge is 0.493 e. The third-order valence-electron chi connectivity index (χ3n) is 5.28. The Balaban J connectivity index is 1.23. The van der Waals surface area contributed by atoms with E-state index in [-0.39, 0.29) is 12.1 Å². The van der Waals surface area contributed by atoms with Gasteiger partial charge >= 0.3 is 6.03 Å². The molecule has 1 fully saturated rings. The van der Waals surface area contributed by atoms with Crippen LogP contribution < -0.4 is 10.1 Å². The molecule has 0 bridgehead atoms. The molecule has 2 amide bonds. The van der Waals surface area contributed by atoms with Crippen LogP contribution >= 0.6 is 0 Å². The highest BCUT2D eigenvalue weighted by Crippen LogP contribution is 2.26. The van der Waals surface area contributed by atoms with E-state index in [9.17, 15) is 4.79 Å². The number of benzene rings is 1. The van der Waals surface area contributed by atoms with Crippen LogP contribution in [0, 0.1) is 0 Å². The summed E-state index contributed by atoms with van der Waals surface area (Å²) >= 11 is 0. The van der Waals surface area contributed by atoms with Gasteiger partial charge < -0.3 is 19.4 Å². The number of piperazine rings is 1. The summed E-state index contributed by atoms with van der Waals surface area (Å²) in [5.41, 5.74) is 2.64. The third kappa shape index (κ3) is 4.45. The number of urea groups is 1. The number of hydrogen-bond donors (Lipinski definition) is 1. The van der Waals surface area contributed by atoms with Gasteiger partial charge in [0.2, 0.25) is 0 Å². The van der Waals surface area contributed by atoms with E-state index >= 15 is 0 Å². The van der Waals surface area contributed by atoms with Crippen molar-refractivity contribution in [3.8, 4) is 5.75 Å². The number of hydrogen-bond acceptors (Lipinski definition) is 4. The van der Waals surface area contributed by atoms with E-state index in [0.717, 1.165) is 57.3 Å². The van der Waals surface area contributed by atoms with E-state index in [0.29, 0.717) is 6.42 Å². The van der Waals surface area contributed by atoms with Gasteiger partial charge in [0.1, 0.15) is 11.5 Å². The van der Waals surface area contributed by atoms with Crippen molar-refractivity contribution >= 4 is 6.03 Å². The molecule has 1 unspecified atom stereocenters. The number of carbonyl (C=O) groups excluding carboxylic acids is 1. The molecule has 1 saturated heterocycles. The van der Waals surface area contributed by atoms with Crippen LogP contribution in [0.3, 0.4) is 0 Å². The molecule has 0 aliphatic carbocycles. The molecule has 0 saturated carbocycles. The van der Waals surface area contributed by atoms with Gasteiger partial charge in [-0.2, -0.15) is 0 Å². The van der Waals surface area contributed by atoms with Gasteiger partial charge in [-0.1, -0.05) is 12.1 Å². The number of amides is 2. The van der Waals surface area contributed by atoms with Crippen LogP contribution in [-0.4, -0.2) is 54.7 Å². The number of rotatable bonds is 5. The highest BCUT2D eigenvalue weighted by molar-refractivity contribution is 5.74. The van der Waals surface area contributed by atoms with Gasteiger partial charge in [0.25, 0.3) is 0 Å². The summed E-state index contributed by atoms with van der Waals surface area (Å²) in [4.78, 5) is 16.8. The molecule has 2 aliphatic heterocycles. The van der Waals surface area contributed by atoms with Crippen molar-refractivity contribution in [3.05, 3.63) is 53.5 Å². The summed E-state index contributed by atoms with van der Waals surface area (Å²) in [5.74, 6) is 1.93. The van der Waals surface area contributed by atoms with E-state index in [1.165, 1.54) is 11.1 Å². The zero-order valence-corrected chi connectivity index (χ0v) is 15.8. The summed E-state index contributed by atoms with van der Waals surface area (Å²) in [5, 5.41) is 3.08. The highest BCUT2D eigenvalue weighted by Gasteiger charge is 2.23. The lowest BCUT2D eigenvalue weighted by molar-refractivity contribution is 0.133. The van der Waals surface area contributed by atoms with E-state index in [1.54, 1.807) is 6.26 Å². The minimum Gasteiger partial charge on any atom is -0.493 e. The van der Waals surface area contributed by atoms with Crippen LogP contribution in [0.25, 0.3) is 0 Å². The predicted octanol–water partition coefficient (Wildman–Crippen LogP) is 2.67. The molecule has 1 atom stereocenters. The Kier molecular flexibility index (Phi) is 5.34. The first-order chi connectivity index (χ1) is 13.2. The van der Waals surface area contributed by atoms with Crippen molar-refractivity contribution in [1.82, 2.24) is 15.1 Å². The smallest absolute Gasteiger partial charge is 0.317 e. The van der Waals surface area contributed by atoms with Gasteiger partial charge in [-0.15, -0.1) is 0 Å². The van der Waals surface area contributed by atoms with E-state index in [4.69, 9.17) is 9.15 Å². The second-order valence-corrected chi connectivity index (χ2v) is 7.44. The monoisotopic (exact) mass is 369 g/mol. The maximum absolute atomic E-state index is 12.5. The summed E-state index contributed by atoms with van der Waals surface area (Å²) in [6.07, 6.45) is 3.38. The third-order valence-corrected chi connectivity index (χ3v) is 5.28. The van der Waals surface area contributed by atoms with Crippen LogP contribution in [-0.2, 0) is 19.4 Å². The molecule has 6 heteroatoms. The van der Waals surface area contributed by atoms with Gasteiger partial charge in [0.05, 0.1) is 12.9 Å². The first-order valence-corrected chi connectivity index (χ1v) is 9.72. The Morgan fingerprint density at radius 2 is 2.07 bits per heavy atom. The molecule has 2 aliphatic rings. The highest BCUT2D eigenvalue weighted by atomic mass is 16.5. The van der Waals surface area contributed by atoms with Crippen LogP contribution in [0.1, 0.15) is 23.8 Å². The fourth-order valence-electron chi connectivity index (χ4n) is 3.79. The Morgan fingerprint density at radius 1 is 1.22 bits per heavy atom. The fraction of sp³-hybridized carbons (Fsp3) is 0.476. The maximum Gasteiger partial charge on any atom is 0.317 e. The summed E-state index contributed by atoms with van der Waals surface area (Å²) in [7, 11) is 0. The molecule has 1 aromatic carbocycles. The zero-order valence-electron chi connectivity index (χ0n) is 15.8. The Morgan fingerprint density at radius 3 is 2.85 bits per heavy atom. The van der Waals surface area contributed by atoms with E-state index < -0.39 is 0 Å². The number of carbonyl (C=O) groups is 1. The maximum atomic E-state index is 12.5. The minimum absolute atomic E-state index is 0.0170. The van der Waals surface area contributed by atoms with Crippen molar-refractivity contribution < 1.29 is 13.9 Å². The van der Waals surface area contributed by atoms with Crippen molar-refractivity contribution in [2.75, 3.05) is 32.8 Å². The quantitative estimate of drug-likeness (QED) is 0.880. The molecule has 1 aromatic heterocycles. The fourth-order valence-corrected chi connectivity index (χ4v) is 3.79. The second kappa shape index (κ2) is 8.05. The van der Waals surface area contributed by atoms with Gasteiger partial charge in [0, 0.05) is 51.6 Å². The Labute approximate surface area is 160 Å². The average molecular weight is 369 g/mol. The lowest BCUT2D eigenvalue weighted by atomic mass is 10.1. The average Bonchev–Trinajstić information content (AvgIpc) is 3.33. The van der Waals surface area contributed by atoms with E-state index in [1.807, 2.05) is 24.0 Å². The van der Waals surface area contributed by atoms with Crippen LogP contribution in [0.4, 0.5) is 4.79 Å². The van der Waals surface area contributed by atoms with E-state index in [2.05, 4.69) is 28.4 Å². The molecule has 144 valence electrons. The van der Waals surface area contributed by atoms with Crippen LogP contribution in [0.5, 0.6) is 5.75 Å². The van der Waals surface area contributed by atoms with Gasteiger partial charge in [0.15, 0.2) is 0 Å². The summed E-state index contributed by atoms with van der Waals surface area (Å²) in [6, 6.07) is 10.4. The SMILES string of the molecule is CC(Cc1ccco1)NC(=O)N1CCN(Cc2ccc3c(c2)CCO3)CC1. The molecular formula is C21H27N3O3. The molecule has 6 nitrogen and oxygen atoms in total. The number of nitrogens with one attached hydrogen (secondary N) is 1. The first kappa shape index (κ1) is 17.9. The predicted molar refractivity (Wildman–Crippen MR) is 103 cm³/mol. The van der Waals surface area contributed by atoms with Crippen molar-refractivity contribution in [3.63, 3.8) is 0 Å². The standard InChI is InChI=1S/C21H27N3O3/c1-16(13-19-3-2-11-26-19)22-21(25)24-9-7-23(8-10-24)15-17-4-5-20-18(14-17)6-12-27-20/h2-5,11,14,16H,6-10,12-13,15H2,1H3,(H,22,25). The normalized spacial score (nSPS) is 18.0. The minimum atomic E-state index is 0.0170. The Bertz CT molecular complexity index is 767. The number of ether oxygens (including phenoxy) is 1. The van der Waals surface area contributed by atoms with Crippen LogP contribution in [0.2, 0.25) is 0 Å². The van der Waals surface area contributed by atoms with Gasteiger partial charge in [-0.25, -0.2) is 4.79 Å². The second-order valence-electron chi connectivity index (χ2n) is 7.44. The molecule has 0 radical (unpaired) electrons. The molecule has 2 aromatic rings. The molecule has 27 heavy (non-hydrogen) atoms. The van der Waals surface area contributed by atoms with Crippen molar-refractivity contribution in [2.45, 2.75) is 32.4 Å². The summed E-state index contributed by atoms with van der Waals surface area (Å²) < 4.78 is 10.9. The molecule has 4 rings (SSSR count). The van der Waals surface area contributed by atoms with Crippen molar-refractivity contribution in [2.24, 2.45) is 0 Å². The first-order valence-electron chi connectivity index (χ1n) is 9.72. The number of nitrogens with zero attached hydrogens (tertiary/aromatic N) is 2. The number of furan rings is 1.